The first-order chi connectivity index (χ1) is 9.18. The first kappa shape index (κ1) is 16.0. The van der Waals surface area contributed by atoms with Crippen LogP contribution in [0.2, 0.25) is 0 Å². The van der Waals surface area contributed by atoms with Crippen LogP contribution in [0.15, 0.2) is 30.3 Å². The maximum atomic E-state index is 5.98. The van der Waals surface area contributed by atoms with Crippen LogP contribution in [0.25, 0.3) is 0 Å². The summed E-state index contributed by atoms with van der Waals surface area (Å²) in [6.07, 6.45) is 3.79. The highest BCUT2D eigenvalue weighted by Crippen LogP contribution is 2.35. The van der Waals surface area contributed by atoms with Gasteiger partial charge in [-0.15, -0.1) is 0 Å². The van der Waals surface area contributed by atoms with Crippen LogP contribution < -0.4 is 4.74 Å². The Morgan fingerprint density at radius 3 is 2.05 bits per heavy atom. The Kier molecular flexibility index (Phi) is 6.93. The molecule has 0 amide bonds. The van der Waals surface area contributed by atoms with Crippen LogP contribution >= 0.6 is 0 Å². The zero-order valence-corrected chi connectivity index (χ0v) is 12.8. The SMILES string of the molecule is CCC(CC)(CC)C(C)OCCOc1ccccc1. The molecule has 0 spiro atoms. The highest BCUT2D eigenvalue weighted by atomic mass is 16.5. The van der Waals surface area contributed by atoms with Crippen molar-refractivity contribution in [1.29, 1.82) is 0 Å². The molecular weight excluding hydrogens is 236 g/mol. The molecule has 1 atom stereocenters. The van der Waals surface area contributed by atoms with Gasteiger partial charge in [-0.05, 0) is 43.7 Å². The fraction of sp³-hybridized carbons (Fsp3) is 0.647. The third-order valence-corrected chi connectivity index (χ3v) is 4.44. The maximum absolute atomic E-state index is 5.98. The summed E-state index contributed by atoms with van der Waals surface area (Å²) in [5, 5.41) is 0. The standard InChI is InChI=1S/C17H28O2/c1-5-17(6-2,7-3)15(4)18-13-14-19-16-11-9-8-10-12-16/h8-12,15H,5-7,13-14H2,1-4H3. The molecule has 108 valence electrons. The molecule has 0 bridgehead atoms. The van der Waals surface area contributed by atoms with Crippen LogP contribution in [-0.2, 0) is 4.74 Å². The fourth-order valence-electron chi connectivity index (χ4n) is 2.69. The lowest BCUT2D eigenvalue weighted by molar-refractivity contribution is -0.0454. The topological polar surface area (TPSA) is 18.5 Å². The number of benzene rings is 1. The van der Waals surface area contributed by atoms with Crippen LogP contribution in [0.3, 0.4) is 0 Å². The molecule has 19 heavy (non-hydrogen) atoms. The molecule has 1 aromatic carbocycles. The molecule has 0 aliphatic carbocycles. The van der Waals surface area contributed by atoms with Crippen molar-refractivity contribution in [1.82, 2.24) is 0 Å². The molecule has 1 aromatic rings. The summed E-state index contributed by atoms with van der Waals surface area (Å²) in [5.74, 6) is 0.909. The number of hydrogen-bond donors (Lipinski definition) is 0. The second kappa shape index (κ2) is 8.21. The Labute approximate surface area is 118 Å². The van der Waals surface area contributed by atoms with E-state index in [9.17, 15) is 0 Å². The summed E-state index contributed by atoms with van der Waals surface area (Å²) in [7, 11) is 0. The van der Waals surface area contributed by atoms with E-state index in [1.165, 1.54) is 19.3 Å². The van der Waals surface area contributed by atoms with Gasteiger partial charge in [-0.1, -0.05) is 39.0 Å². The van der Waals surface area contributed by atoms with Gasteiger partial charge >= 0.3 is 0 Å². The van der Waals surface area contributed by atoms with Gasteiger partial charge in [0.15, 0.2) is 0 Å². The van der Waals surface area contributed by atoms with E-state index in [2.05, 4.69) is 27.7 Å². The second-order valence-electron chi connectivity index (χ2n) is 5.10. The zero-order valence-electron chi connectivity index (χ0n) is 12.8. The Bertz CT molecular complexity index is 322. The summed E-state index contributed by atoms with van der Waals surface area (Å²) in [6.45, 7) is 10.2. The first-order valence-electron chi connectivity index (χ1n) is 7.48. The van der Waals surface area contributed by atoms with Gasteiger partial charge in [0.05, 0.1) is 12.7 Å². The summed E-state index contributed by atoms with van der Waals surface area (Å²) >= 11 is 0. The van der Waals surface area contributed by atoms with Gasteiger partial charge in [0.1, 0.15) is 12.4 Å². The molecule has 0 aromatic heterocycles. The van der Waals surface area contributed by atoms with Gasteiger partial charge in [-0.3, -0.25) is 0 Å². The van der Waals surface area contributed by atoms with E-state index < -0.39 is 0 Å². The molecule has 2 nitrogen and oxygen atoms in total. The smallest absolute Gasteiger partial charge is 0.119 e. The molecule has 0 heterocycles. The molecule has 0 saturated heterocycles. The van der Waals surface area contributed by atoms with E-state index >= 15 is 0 Å². The Balaban J connectivity index is 2.32. The average Bonchev–Trinajstić information content (AvgIpc) is 2.47. The molecule has 2 heteroatoms. The lowest BCUT2D eigenvalue weighted by Gasteiger charge is -2.36. The first-order valence-corrected chi connectivity index (χ1v) is 7.48. The lowest BCUT2D eigenvalue weighted by atomic mass is 9.75. The van der Waals surface area contributed by atoms with Crippen molar-refractivity contribution in [3.05, 3.63) is 30.3 Å². The Morgan fingerprint density at radius 1 is 0.947 bits per heavy atom. The van der Waals surface area contributed by atoms with Crippen molar-refractivity contribution < 1.29 is 9.47 Å². The van der Waals surface area contributed by atoms with E-state index in [-0.39, 0.29) is 6.10 Å². The van der Waals surface area contributed by atoms with Crippen molar-refractivity contribution in [2.75, 3.05) is 13.2 Å². The molecule has 0 aliphatic heterocycles. The van der Waals surface area contributed by atoms with Gasteiger partial charge in [0.2, 0.25) is 0 Å². The second-order valence-corrected chi connectivity index (χ2v) is 5.10. The minimum atomic E-state index is 0.284. The fourth-order valence-corrected chi connectivity index (χ4v) is 2.69. The van der Waals surface area contributed by atoms with Gasteiger partial charge in [-0.2, -0.15) is 0 Å². The van der Waals surface area contributed by atoms with E-state index in [4.69, 9.17) is 9.47 Å². The predicted molar refractivity (Wildman–Crippen MR) is 80.7 cm³/mol. The van der Waals surface area contributed by atoms with Gasteiger partial charge < -0.3 is 9.47 Å². The molecular formula is C17H28O2. The van der Waals surface area contributed by atoms with E-state index in [1.54, 1.807) is 0 Å². The van der Waals surface area contributed by atoms with E-state index in [1.807, 2.05) is 30.3 Å². The molecule has 0 N–H and O–H groups in total. The van der Waals surface area contributed by atoms with Crippen LogP contribution in [0.5, 0.6) is 5.75 Å². The van der Waals surface area contributed by atoms with E-state index in [0.717, 1.165) is 5.75 Å². The summed E-state index contributed by atoms with van der Waals surface area (Å²) in [4.78, 5) is 0. The quantitative estimate of drug-likeness (QED) is 0.603. The third kappa shape index (κ3) is 4.54. The molecule has 0 saturated carbocycles. The van der Waals surface area contributed by atoms with E-state index in [0.29, 0.717) is 18.6 Å². The van der Waals surface area contributed by atoms with Crippen LogP contribution in [0, 0.1) is 5.41 Å². The normalized spacial score (nSPS) is 13.3. The Morgan fingerprint density at radius 2 is 1.53 bits per heavy atom. The molecule has 0 aliphatic rings. The van der Waals surface area contributed by atoms with Crippen LogP contribution in [0.1, 0.15) is 47.0 Å². The van der Waals surface area contributed by atoms with Gasteiger partial charge in [0, 0.05) is 0 Å². The maximum Gasteiger partial charge on any atom is 0.119 e. The van der Waals surface area contributed by atoms with Crippen LogP contribution in [-0.4, -0.2) is 19.3 Å². The average molecular weight is 264 g/mol. The monoisotopic (exact) mass is 264 g/mol. The van der Waals surface area contributed by atoms with Crippen LogP contribution in [0.4, 0.5) is 0 Å². The van der Waals surface area contributed by atoms with Crippen molar-refractivity contribution in [3.8, 4) is 5.75 Å². The summed E-state index contributed by atoms with van der Waals surface area (Å²) < 4.78 is 11.6. The van der Waals surface area contributed by atoms with Crippen molar-refractivity contribution >= 4 is 0 Å². The predicted octanol–water partition coefficient (Wildman–Crippen LogP) is 4.69. The van der Waals surface area contributed by atoms with Gasteiger partial charge in [0.25, 0.3) is 0 Å². The largest absolute Gasteiger partial charge is 0.491 e. The summed E-state index contributed by atoms with van der Waals surface area (Å²) in [5.41, 5.74) is 0.312. The molecule has 1 rings (SSSR count). The highest BCUT2D eigenvalue weighted by molar-refractivity contribution is 5.20. The third-order valence-electron chi connectivity index (χ3n) is 4.44. The molecule has 0 radical (unpaired) electrons. The molecule has 0 fully saturated rings. The number of hydrogen-bond acceptors (Lipinski definition) is 2. The Hall–Kier alpha value is -1.02. The van der Waals surface area contributed by atoms with Crippen molar-refractivity contribution in [2.24, 2.45) is 5.41 Å². The number of para-hydroxylation sites is 1. The summed E-state index contributed by atoms with van der Waals surface area (Å²) in [6, 6.07) is 9.89. The van der Waals surface area contributed by atoms with Gasteiger partial charge in [-0.25, -0.2) is 0 Å². The number of ether oxygens (including phenoxy) is 2. The van der Waals surface area contributed by atoms with Crippen molar-refractivity contribution in [2.45, 2.75) is 53.1 Å². The minimum absolute atomic E-state index is 0.284. The molecule has 1 unspecified atom stereocenters. The highest BCUT2D eigenvalue weighted by Gasteiger charge is 2.31. The van der Waals surface area contributed by atoms with Crippen molar-refractivity contribution in [3.63, 3.8) is 0 Å². The minimum Gasteiger partial charge on any atom is -0.491 e. The zero-order chi connectivity index (χ0) is 14.1. The lowest BCUT2D eigenvalue weighted by Crippen LogP contribution is -2.34. The number of rotatable bonds is 9.